The quantitative estimate of drug-likeness (QED) is 0.167. The summed E-state index contributed by atoms with van der Waals surface area (Å²) in [7, 11) is 0. The van der Waals surface area contributed by atoms with E-state index in [0.29, 0.717) is 5.95 Å². The first-order valence-corrected chi connectivity index (χ1v) is 20.5. The Kier molecular flexibility index (Phi) is 6.98. The molecule has 0 aliphatic carbocycles. The Morgan fingerprint density at radius 2 is 0.917 bits per heavy atom. The van der Waals surface area contributed by atoms with Gasteiger partial charge in [0.25, 0.3) is 0 Å². The molecule has 0 bridgehead atoms. The summed E-state index contributed by atoms with van der Waals surface area (Å²) in [6.45, 7) is 0. The van der Waals surface area contributed by atoms with Crippen LogP contribution in [0.25, 0.3) is 121 Å². The Morgan fingerprint density at radius 3 is 1.75 bits per heavy atom. The fraction of sp³-hybridized carbons (Fsp3) is 0. The van der Waals surface area contributed by atoms with E-state index in [-0.39, 0.29) is 0 Å². The first kappa shape index (κ1) is 32.9. The van der Waals surface area contributed by atoms with Crippen LogP contribution in [0.4, 0.5) is 0 Å². The molecule has 10 aromatic carbocycles. The molecule has 60 heavy (non-hydrogen) atoms. The molecule has 0 aliphatic heterocycles. The smallest absolute Gasteiger partial charge is 0.235 e. The van der Waals surface area contributed by atoms with E-state index in [0.717, 1.165) is 49.7 Å². The van der Waals surface area contributed by atoms with Crippen molar-refractivity contribution >= 4 is 86.8 Å². The molecule has 3 heterocycles. The molecule has 0 saturated carbocycles. The average molecular weight is 763 g/mol. The van der Waals surface area contributed by atoms with Crippen LogP contribution < -0.4 is 0 Å². The minimum Gasteiger partial charge on any atom is -0.309 e. The number of benzene rings is 10. The molecule has 0 spiro atoms. The van der Waals surface area contributed by atoms with Crippen molar-refractivity contribution in [2.75, 3.05) is 0 Å². The van der Waals surface area contributed by atoms with Crippen molar-refractivity contribution in [1.82, 2.24) is 19.1 Å². The first-order valence-electron chi connectivity index (χ1n) is 20.5. The van der Waals surface area contributed by atoms with Gasteiger partial charge < -0.3 is 4.57 Å². The lowest BCUT2D eigenvalue weighted by Gasteiger charge is -2.14. The van der Waals surface area contributed by atoms with Crippen LogP contribution in [0, 0.1) is 0 Å². The van der Waals surface area contributed by atoms with Crippen LogP contribution in [0.3, 0.4) is 0 Å². The maximum Gasteiger partial charge on any atom is 0.235 e. The van der Waals surface area contributed by atoms with E-state index in [1.807, 2.05) is 0 Å². The molecule has 0 fully saturated rings. The fourth-order valence-corrected chi connectivity index (χ4v) is 9.81. The van der Waals surface area contributed by atoms with E-state index in [4.69, 9.17) is 9.97 Å². The predicted octanol–water partition coefficient (Wildman–Crippen LogP) is 14.6. The fourth-order valence-electron chi connectivity index (χ4n) is 9.81. The maximum absolute atomic E-state index is 5.51. The maximum atomic E-state index is 5.51. The lowest BCUT2D eigenvalue weighted by Crippen LogP contribution is -2.04. The molecule has 4 heteroatoms. The van der Waals surface area contributed by atoms with Gasteiger partial charge in [0.2, 0.25) is 5.95 Å². The van der Waals surface area contributed by atoms with Crippen molar-refractivity contribution in [1.29, 1.82) is 0 Å². The summed E-state index contributed by atoms with van der Waals surface area (Å²) in [4.78, 5) is 10.8. The third kappa shape index (κ3) is 4.79. The normalized spacial score (nSPS) is 12.0. The zero-order valence-corrected chi connectivity index (χ0v) is 32.4. The Hall–Kier alpha value is -8.08. The van der Waals surface area contributed by atoms with Crippen molar-refractivity contribution in [3.05, 3.63) is 206 Å². The predicted molar refractivity (Wildman–Crippen MR) is 252 cm³/mol. The van der Waals surface area contributed by atoms with Gasteiger partial charge in [-0.15, -0.1) is 0 Å². The zero-order chi connectivity index (χ0) is 39.3. The van der Waals surface area contributed by atoms with Gasteiger partial charge in [-0.3, -0.25) is 4.57 Å². The summed E-state index contributed by atoms with van der Waals surface area (Å²) < 4.78 is 4.67. The summed E-state index contributed by atoms with van der Waals surface area (Å²) in [5, 5.41) is 13.1. The Morgan fingerprint density at radius 1 is 0.317 bits per heavy atom. The number of para-hydroxylation sites is 4. The molecular formula is C56H34N4. The van der Waals surface area contributed by atoms with Crippen molar-refractivity contribution in [2.24, 2.45) is 0 Å². The van der Waals surface area contributed by atoms with Gasteiger partial charge in [-0.2, -0.15) is 0 Å². The topological polar surface area (TPSA) is 35.6 Å². The first-order chi connectivity index (χ1) is 29.8. The highest BCUT2D eigenvalue weighted by Gasteiger charge is 2.22. The summed E-state index contributed by atoms with van der Waals surface area (Å²) in [5.74, 6) is 0.654. The summed E-state index contributed by atoms with van der Waals surface area (Å²) >= 11 is 0. The highest BCUT2D eigenvalue weighted by molar-refractivity contribution is 6.22. The van der Waals surface area contributed by atoms with Gasteiger partial charge >= 0.3 is 0 Å². The lowest BCUT2D eigenvalue weighted by molar-refractivity contribution is 1.02. The number of rotatable bonds is 4. The van der Waals surface area contributed by atoms with Crippen LogP contribution in [0.15, 0.2) is 206 Å². The molecule has 0 unspecified atom stereocenters. The van der Waals surface area contributed by atoms with E-state index in [9.17, 15) is 0 Å². The van der Waals surface area contributed by atoms with Crippen molar-refractivity contribution in [3.63, 3.8) is 0 Å². The molecule has 0 radical (unpaired) electrons. The van der Waals surface area contributed by atoms with E-state index in [2.05, 4.69) is 215 Å². The van der Waals surface area contributed by atoms with Gasteiger partial charge in [0, 0.05) is 43.6 Å². The molecule has 13 rings (SSSR count). The molecule has 0 atom stereocenters. The SMILES string of the molecule is c1ccc(-n2c3ccccc3c3cc(-c4cc5c6ccccc6n(-c6nc(-c7ccc8c(ccc9ccccc98)c7)c7ccccc7n6)c5c5ccccc45)ccc32)cc1. The Balaban J connectivity index is 1.06. The van der Waals surface area contributed by atoms with Gasteiger partial charge in [-0.05, 0) is 92.7 Å². The molecule has 13 aromatic rings. The number of hydrogen-bond donors (Lipinski definition) is 0. The van der Waals surface area contributed by atoms with Crippen LogP contribution in [-0.2, 0) is 0 Å². The Labute approximate surface area is 344 Å². The largest absolute Gasteiger partial charge is 0.309 e. The number of hydrogen-bond acceptors (Lipinski definition) is 2. The van der Waals surface area contributed by atoms with Crippen molar-refractivity contribution in [2.45, 2.75) is 0 Å². The van der Waals surface area contributed by atoms with Crippen LogP contribution >= 0.6 is 0 Å². The number of nitrogens with zero attached hydrogens (tertiary/aromatic N) is 4. The third-order valence-electron chi connectivity index (χ3n) is 12.5. The van der Waals surface area contributed by atoms with Gasteiger partial charge in [-0.25, -0.2) is 9.97 Å². The molecule has 4 nitrogen and oxygen atoms in total. The van der Waals surface area contributed by atoms with E-state index in [1.165, 1.54) is 65.3 Å². The van der Waals surface area contributed by atoms with Crippen molar-refractivity contribution in [3.8, 4) is 34.0 Å². The molecule has 278 valence electrons. The standard InChI is InChI=1S/C56H34N4/c1-2-15-39(16-3-1)59-51-24-12-9-19-43(51)48-33-37(29-31-53(48)59)47-34-49-44-20-10-13-25-52(44)60(55(49)45-21-7-6-18-42(45)47)56-57-50-23-11-8-22-46(50)54(58-56)38-28-30-41-36(32-38)27-26-35-14-4-5-17-40(35)41/h1-34H. The summed E-state index contributed by atoms with van der Waals surface area (Å²) in [6.07, 6.45) is 0. The lowest BCUT2D eigenvalue weighted by atomic mass is 9.94. The second kappa shape index (κ2) is 12.7. The number of fused-ring (bicyclic) bond motifs is 12. The molecular weight excluding hydrogens is 729 g/mol. The van der Waals surface area contributed by atoms with E-state index >= 15 is 0 Å². The molecule has 0 N–H and O–H groups in total. The molecule has 3 aromatic heterocycles. The summed E-state index contributed by atoms with van der Waals surface area (Å²) in [6, 6.07) is 74.4. The second-order valence-electron chi connectivity index (χ2n) is 15.8. The highest BCUT2D eigenvalue weighted by Crippen LogP contribution is 2.43. The zero-order valence-electron chi connectivity index (χ0n) is 32.4. The van der Waals surface area contributed by atoms with Gasteiger partial charge in [0.15, 0.2) is 0 Å². The van der Waals surface area contributed by atoms with E-state index < -0.39 is 0 Å². The van der Waals surface area contributed by atoms with Crippen molar-refractivity contribution < 1.29 is 0 Å². The monoisotopic (exact) mass is 762 g/mol. The van der Waals surface area contributed by atoms with Crippen LogP contribution in [0.2, 0.25) is 0 Å². The average Bonchev–Trinajstić information content (AvgIpc) is 3.84. The van der Waals surface area contributed by atoms with Gasteiger partial charge in [0.05, 0.1) is 33.3 Å². The minimum atomic E-state index is 0.654. The molecule has 0 saturated heterocycles. The van der Waals surface area contributed by atoms with Gasteiger partial charge in [-0.1, -0.05) is 152 Å². The second-order valence-corrected chi connectivity index (χ2v) is 15.8. The molecule has 0 amide bonds. The van der Waals surface area contributed by atoms with Crippen LogP contribution in [-0.4, -0.2) is 19.1 Å². The highest BCUT2D eigenvalue weighted by atomic mass is 15.2. The van der Waals surface area contributed by atoms with Crippen LogP contribution in [0.1, 0.15) is 0 Å². The Bertz CT molecular complexity index is 3890. The minimum absolute atomic E-state index is 0.654. The number of aromatic nitrogens is 4. The summed E-state index contributed by atoms with van der Waals surface area (Å²) in [5.41, 5.74) is 11.0. The van der Waals surface area contributed by atoms with E-state index in [1.54, 1.807) is 0 Å². The van der Waals surface area contributed by atoms with Crippen LogP contribution in [0.5, 0.6) is 0 Å². The molecule has 0 aliphatic rings. The van der Waals surface area contributed by atoms with Gasteiger partial charge in [0.1, 0.15) is 0 Å². The third-order valence-corrected chi connectivity index (χ3v) is 12.5.